The maximum atomic E-state index is 13.0. The van der Waals surface area contributed by atoms with Crippen LogP contribution in [0.5, 0.6) is 0 Å². The minimum Gasteiger partial charge on any atom is -0.340 e. The number of hydrogen-bond donors (Lipinski definition) is 1. The van der Waals surface area contributed by atoms with Crippen molar-refractivity contribution in [1.29, 1.82) is 0 Å². The molecule has 0 aromatic rings. The number of hydrogen-bond acceptors (Lipinski definition) is 3. The molecule has 4 nitrogen and oxygen atoms in total. The highest BCUT2D eigenvalue weighted by Gasteiger charge is 2.72. The molecule has 4 heteroatoms. The summed E-state index contributed by atoms with van der Waals surface area (Å²) in [6, 6.07) is 0. The molecule has 3 aliphatic rings. The number of nitrogens with zero attached hydrogens (tertiary/aromatic N) is 1. The molecule has 1 saturated heterocycles. The largest absolute Gasteiger partial charge is 0.340 e. The van der Waals surface area contributed by atoms with Crippen molar-refractivity contribution < 1.29 is 9.59 Å². The Morgan fingerprint density at radius 3 is 2.26 bits per heavy atom. The van der Waals surface area contributed by atoms with E-state index in [9.17, 15) is 9.59 Å². The SMILES string of the molecule is CC1(C)[C@@]2(C(=O)N3CCNCC3)CC[C@@]1(C)C(=O)C2. The van der Waals surface area contributed by atoms with Crippen LogP contribution in [0.1, 0.15) is 40.0 Å². The molecule has 1 N–H and O–H groups in total. The second kappa shape index (κ2) is 3.81. The van der Waals surface area contributed by atoms with Crippen LogP contribution in [0.3, 0.4) is 0 Å². The van der Waals surface area contributed by atoms with Crippen LogP contribution < -0.4 is 5.32 Å². The molecule has 0 spiro atoms. The quantitative estimate of drug-likeness (QED) is 0.774. The Morgan fingerprint density at radius 1 is 1.16 bits per heavy atom. The van der Waals surface area contributed by atoms with Crippen LogP contribution in [0.15, 0.2) is 0 Å². The zero-order valence-corrected chi connectivity index (χ0v) is 12.2. The van der Waals surface area contributed by atoms with Gasteiger partial charge in [-0.05, 0) is 18.3 Å². The van der Waals surface area contributed by atoms with Crippen molar-refractivity contribution in [1.82, 2.24) is 10.2 Å². The standard InChI is InChI=1S/C15H24N2O2/c1-13(2)14(3)4-5-15(13,10-11(14)18)12(19)17-8-6-16-7-9-17/h16H,4-10H2,1-3H3/t14-,15-/m0/s1. The van der Waals surface area contributed by atoms with Crippen LogP contribution in [0.4, 0.5) is 0 Å². The fourth-order valence-corrected chi connectivity index (χ4v) is 4.50. The van der Waals surface area contributed by atoms with E-state index >= 15 is 0 Å². The van der Waals surface area contributed by atoms with Crippen molar-refractivity contribution in [3.8, 4) is 0 Å². The molecule has 3 rings (SSSR count). The van der Waals surface area contributed by atoms with E-state index in [1.165, 1.54) is 0 Å². The topological polar surface area (TPSA) is 49.4 Å². The lowest BCUT2D eigenvalue weighted by molar-refractivity contribution is -0.148. The van der Waals surface area contributed by atoms with Crippen LogP contribution in [-0.2, 0) is 9.59 Å². The zero-order valence-electron chi connectivity index (χ0n) is 12.2. The maximum absolute atomic E-state index is 13.0. The van der Waals surface area contributed by atoms with E-state index in [1.807, 2.05) is 4.90 Å². The molecular formula is C15H24N2O2. The highest BCUT2D eigenvalue weighted by Crippen LogP contribution is 2.70. The molecule has 3 fully saturated rings. The summed E-state index contributed by atoms with van der Waals surface area (Å²) in [4.78, 5) is 27.4. The number of carbonyl (C=O) groups is 2. The average molecular weight is 264 g/mol. The first-order valence-electron chi connectivity index (χ1n) is 7.39. The summed E-state index contributed by atoms with van der Waals surface area (Å²) < 4.78 is 0. The molecule has 2 atom stereocenters. The summed E-state index contributed by atoms with van der Waals surface area (Å²) >= 11 is 0. The Labute approximate surface area is 114 Å². The third-order valence-corrected chi connectivity index (χ3v) is 6.52. The molecule has 1 amide bonds. The second-order valence-corrected chi connectivity index (χ2v) is 7.18. The summed E-state index contributed by atoms with van der Waals surface area (Å²) in [5.74, 6) is 0.529. The lowest BCUT2D eigenvalue weighted by Crippen LogP contribution is -2.54. The van der Waals surface area contributed by atoms with E-state index in [0.717, 1.165) is 39.0 Å². The highest BCUT2D eigenvalue weighted by atomic mass is 16.2. The van der Waals surface area contributed by atoms with Gasteiger partial charge in [0.05, 0.1) is 5.41 Å². The van der Waals surface area contributed by atoms with Gasteiger partial charge in [0.1, 0.15) is 5.78 Å². The summed E-state index contributed by atoms with van der Waals surface area (Å²) in [6.45, 7) is 9.62. The number of carbonyl (C=O) groups excluding carboxylic acids is 2. The number of amides is 1. The van der Waals surface area contributed by atoms with Gasteiger partial charge in [-0.3, -0.25) is 9.59 Å². The second-order valence-electron chi connectivity index (χ2n) is 7.18. The summed E-state index contributed by atoms with van der Waals surface area (Å²) in [5.41, 5.74) is -0.939. The van der Waals surface area contributed by atoms with Gasteiger partial charge in [-0.2, -0.15) is 0 Å². The number of nitrogens with one attached hydrogen (secondary N) is 1. The lowest BCUT2D eigenvalue weighted by atomic mass is 9.64. The molecule has 0 aromatic heterocycles. The Morgan fingerprint density at radius 2 is 1.79 bits per heavy atom. The predicted molar refractivity (Wildman–Crippen MR) is 72.6 cm³/mol. The Kier molecular flexibility index (Phi) is 2.63. The third-order valence-electron chi connectivity index (χ3n) is 6.52. The summed E-state index contributed by atoms with van der Waals surface area (Å²) in [5, 5.41) is 3.28. The first kappa shape index (κ1) is 13.1. The first-order chi connectivity index (χ1) is 8.85. The van der Waals surface area contributed by atoms with Crippen LogP contribution in [0.25, 0.3) is 0 Å². The fourth-order valence-electron chi connectivity index (χ4n) is 4.50. The normalized spacial score (nSPS) is 40.8. The van der Waals surface area contributed by atoms with Gasteiger partial charge in [0.2, 0.25) is 5.91 Å². The molecule has 1 heterocycles. The van der Waals surface area contributed by atoms with Gasteiger partial charge in [-0.1, -0.05) is 20.8 Å². The van der Waals surface area contributed by atoms with Gasteiger partial charge >= 0.3 is 0 Å². The van der Waals surface area contributed by atoms with Crippen molar-refractivity contribution in [3.05, 3.63) is 0 Å². The Hall–Kier alpha value is -0.900. The van der Waals surface area contributed by atoms with E-state index in [-0.39, 0.29) is 16.7 Å². The van der Waals surface area contributed by atoms with E-state index in [4.69, 9.17) is 0 Å². The van der Waals surface area contributed by atoms with E-state index < -0.39 is 5.41 Å². The number of Topliss-reactive ketones (excluding diaryl/α,β-unsaturated/α-hetero) is 1. The zero-order chi connectivity index (χ0) is 13.9. The van der Waals surface area contributed by atoms with Gasteiger partial charge in [0.15, 0.2) is 0 Å². The minimum absolute atomic E-state index is 0.209. The monoisotopic (exact) mass is 264 g/mol. The number of rotatable bonds is 1. The number of ketones is 1. The van der Waals surface area contributed by atoms with Crippen molar-refractivity contribution in [2.75, 3.05) is 26.2 Å². The smallest absolute Gasteiger partial charge is 0.229 e. The van der Waals surface area contributed by atoms with Gasteiger partial charge in [-0.25, -0.2) is 0 Å². The summed E-state index contributed by atoms with van der Waals surface area (Å²) in [6.07, 6.45) is 2.21. The van der Waals surface area contributed by atoms with Crippen LogP contribution in [0.2, 0.25) is 0 Å². The Bertz CT molecular complexity index is 439. The highest BCUT2D eigenvalue weighted by molar-refractivity contribution is 5.99. The van der Waals surface area contributed by atoms with E-state index in [1.54, 1.807) is 0 Å². The van der Waals surface area contributed by atoms with Crippen molar-refractivity contribution in [3.63, 3.8) is 0 Å². The van der Waals surface area contributed by atoms with Crippen LogP contribution in [-0.4, -0.2) is 42.8 Å². The molecule has 106 valence electrons. The minimum atomic E-state index is -0.434. The van der Waals surface area contributed by atoms with Gasteiger partial charge in [0, 0.05) is 38.0 Å². The molecule has 2 bridgehead atoms. The molecule has 1 aliphatic heterocycles. The van der Waals surface area contributed by atoms with Gasteiger partial charge < -0.3 is 10.2 Å². The van der Waals surface area contributed by atoms with Gasteiger partial charge in [0.25, 0.3) is 0 Å². The molecule has 0 radical (unpaired) electrons. The molecule has 2 aliphatic carbocycles. The van der Waals surface area contributed by atoms with E-state index in [0.29, 0.717) is 12.2 Å². The molecule has 2 saturated carbocycles. The maximum Gasteiger partial charge on any atom is 0.229 e. The average Bonchev–Trinajstić information content (AvgIpc) is 2.69. The van der Waals surface area contributed by atoms with Crippen LogP contribution in [0, 0.1) is 16.2 Å². The molecular weight excluding hydrogens is 240 g/mol. The molecule has 0 unspecified atom stereocenters. The lowest BCUT2D eigenvalue weighted by Gasteiger charge is -2.42. The summed E-state index contributed by atoms with van der Waals surface area (Å²) in [7, 11) is 0. The fraction of sp³-hybridized carbons (Fsp3) is 0.867. The first-order valence-corrected chi connectivity index (χ1v) is 7.39. The predicted octanol–water partition coefficient (Wildman–Crippen LogP) is 1.20. The van der Waals surface area contributed by atoms with Crippen molar-refractivity contribution in [2.24, 2.45) is 16.2 Å². The molecule has 19 heavy (non-hydrogen) atoms. The third kappa shape index (κ3) is 1.38. The van der Waals surface area contributed by atoms with Gasteiger partial charge in [-0.15, -0.1) is 0 Å². The number of fused-ring (bicyclic) bond motifs is 2. The molecule has 0 aromatic carbocycles. The number of piperazine rings is 1. The van der Waals surface area contributed by atoms with Crippen LogP contribution >= 0.6 is 0 Å². The van der Waals surface area contributed by atoms with E-state index in [2.05, 4.69) is 26.1 Å². The van der Waals surface area contributed by atoms with Crippen molar-refractivity contribution in [2.45, 2.75) is 40.0 Å². The Balaban J connectivity index is 1.95. The van der Waals surface area contributed by atoms with Crippen molar-refractivity contribution >= 4 is 11.7 Å².